The van der Waals surface area contributed by atoms with Crippen LogP contribution < -0.4 is 19.5 Å². The summed E-state index contributed by atoms with van der Waals surface area (Å²) >= 11 is 1.38. The van der Waals surface area contributed by atoms with Gasteiger partial charge in [0.05, 0.1) is 14.2 Å². The van der Waals surface area contributed by atoms with E-state index in [0.717, 1.165) is 10.8 Å². The van der Waals surface area contributed by atoms with Crippen molar-refractivity contribution in [3.8, 4) is 17.2 Å². The van der Waals surface area contributed by atoms with Crippen LogP contribution in [0.1, 0.15) is 21.1 Å². The van der Waals surface area contributed by atoms with E-state index in [0.29, 0.717) is 29.5 Å². The smallest absolute Gasteiger partial charge is 0.275 e. The van der Waals surface area contributed by atoms with Crippen molar-refractivity contribution in [3.05, 3.63) is 64.1 Å². The molecule has 0 atom stereocenters. The number of anilines is 1. The predicted molar refractivity (Wildman–Crippen MR) is 105 cm³/mol. The van der Waals surface area contributed by atoms with Crippen molar-refractivity contribution in [2.24, 2.45) is 0 Å². The highest BCUT2D eigenvalue weighted by molar-refractivity contribution is 7.09. The number of carbonyl (C=O) groups excluding carboxylic acids is 1. The zero-order chi connectivity index (χ0) is 19.2. The highest BCUT2D eigenvalue weighted by Gasteiger charge is 2.13. The van der Waals surface area contributed by atoms with Crippen LogP contribution in [0.25, 0.3) is 0 Å². The van der Waals surface area contributed by atoms with Crippen LogP contribution >= 0.6 is 11.3 Å². The molecule has 1 heterocycles. The lowest BCUT2D eigenvalue weighted by Gasteiger charge is -2.10. The Kier molecular flexibility index (Phi) is 5.93. The van der Waals surface area contributed by atoms with Crippen molar-refractivity contribution in [1.29, 1.82) is 0 Å². The van der Waals surface area contributed by atoms with Gasteiger partial charge in [-0.05, 0) is 31.2 Å². The van der Waals surface area contributed by atoms with E-state index in [1.54, 1.807) is 37.8 Å². The van der Waals surface area contributed by atoms with E-state index in [1.165, 1.54) is 16.9 Å². The molecule has 0 saturated carbocycles. The van der Waals surface area contributed by atoms with E-state index in [1.807, 2.05) is 31.2 Å². The number of nitrogens with zero attached hydrogens (tertiary/aromatic N) is 1. The minimum atomic E-state index is -0.292. The molecule has 0 aliphatic heterocycles. The fourth-order valence-corrected chi connectivity index (χ4v) is 3.06. The highest BCUT2D eigenvalue weighted by Crippen LogP contribution is 2.30. The summed E-state index contributed by atoms with van der Waals surface area (Å²) in [5.41, 5.74) is 2.12. The van der Waals surface area contributed by atoms with E-state index < -0.39 is 0 Å². The summed E-state index contributed by atoms with van der Waals surface area (Å²) in [5, 5.41) is 5.25. The molecule has 2 aromatic carbocycles. The first-order chi connectivity index (χ1) is 13.1. The Hall–Kier alpha value is -3.06. The van der Waals surface area contributed by atoms with Gasteiger partial charge < -0.3 is 19.5 Å². The molecule has 3 aromatic rings. The van der Waals surface area contributed by atoms with Crippen molar-refractivity contribution in [3.63, 3.8) is 0 Å². The number of methoxy groups -OCH3 is 2. The standard InChI is InChI=1S/C20H20N2O4S/c1-13-4-7-15(8-5-13)26-11-19-22-16(12-27-19)20(23)21-14-6-9-17(24-2)18(10-14)25-3/h4-10,12H,11H2,1-3H3,(H,21,23). The largest absolute Gasteiger partial charge is 0.493 e. The fraction of sp³-hybridized carbons (Fsp3) is 0.200. The Labute approximate surface area is 161 Å². The minimum Gasteiger partial charge on any atom is -0.493 e. The lowest BCUT2D eigenvalue weighted by atomic mass is 10.2. The Balaban J connectivity index is 1.62. The van der Waals surface area contributed by atoms with Crippen LogP contribution in [-0.2, 0) is 6.61 Å². The molecule has 0 fully saturated rings. The zero-order valence-corrected chi connectivity index (χ0v) is 16.1. The number of benzene rings is 2. The van der Waals surface area contributed by atoms with Crippen LogP contribution in [0.15, 0.2) is 47.8 Å². The number of aryl methyl sites for hydroxylation is 1. The summed E-state index contributed by atoms with van der Waals surface area (Å²) in [6, 6.07) is 13.0. The number of hydrogen-bond donors (Lipinski definition) is 1. The van der Waals surface area contributed by atoms with E-state index in [4.69, 9.17) is 14.2 Å². The Morgan fingerprint density at radius 3 is 2.52 bits per heavy atom. The second-order valence-corrected chi connectivity index (χ2v) is 6.69. The molecule has 0 aliphatic rings. The minimum absolute atomic E-state index is 0.292. The Bertz CT molecular complexity index is 922. The quantitative estimate of drug-likeness (QED) is 0.658. The molecule has 0 saturated heterocycles. The Morgan fingerprint density at radius 1 is 1.07 bits per heavy atom. The number of aromatic nitrogens is 1. The van der Waals surface area contributed by atoms with Gasteiger partial charge in [0.1, 0.15) is 23.1 Å². The van der Waals surface area contributed by atoms with E-state index in [9.17, 15) is 4.79 Å². The van der Waals surface area contributed by atoms with Crippen molar-refractivity contribution < 1.29 is 19.0 Å². The van der Waals surface area contributed by atoms with Gasteiger partial charge in [0.2, 0.25) is 0 Å². The first-order valence-electron chi connectivity index (χ1n) is 8.26. The van der Waals surface area contributed by atoms with Gasteiger partial charge in [0, 0.05) is 17.1 Å². The number of thiazole rings is 1. The second kappa shape index (κ2) is 8.55. The first kappa shape index (κ1) is 18.7. The number of amides is 1. The molecule has 27 heavy (non-hydrogen) atoms. The molecule has 0 radical (unpaired) electrons. The van der Waals surface area contributed by atoms with Crippen molar-refractivity contribution in [1.82, 2.24) is 4.98 Å². The summed E-state index contributed by atoms with van der Waals surface area (Å²) in [7, 11) is 3.11. The van der Waals surface area contributed by atoms with E-state index in [-0.39, 0.29) is 5.91 Å². The first-order valence-corrected chi connectivity index (χ1v) is 9.14. The summed E-state index contributed by atoms with van der Waals surface area (Å²) in [4.78, 5) is 16.8. The van der Waals surface area contributed by atoms with Crippen LogP contribution in [0.3, 0.4) is 0 Å². The summed E-state index contributed by atoms with van der Waals surface area (Å²) in [6.45, 7) is 2.34. The van der Waals surface area contributed by atoms with Crippen molar-refractivity contribution in [2.45, 2.75) is 13.5 Å². The van der Waals surface area contributed by atoms with Crippen molar-refractivity contribution >= 4 is 22.9 Å². The van der Waals surface area contributed by atoms with Gasteiger partial charge in [0.15, 0.2) is 11.5 Å². The van der Waals surface area contributed by atoms with Gasteiger partial charge >= 0.3 is 0 Å². The topological polar surface area (TPSA) is 69.7 Å². The third kappa shape index (κ3) is 4.77. The van der Waals surface area contributed by atoms with Crippen LogP contribution in [-0.4, -0.2) is 25.1 Å². The molecule has 7 heteroatoms. The second-order valence-electron chi connectivity index (χ2n) is 5.75. The molecule has 0 aliphatic carbocycles. The summed E-state index contributed by atoms with van der Waals surface area (Å²) in [6.07, 6.45) is 0. The average molecular weight is 384 g/mol. The van der Waals surface area contributed by atoms with Crippen molar-refractivity contribution in [2.75, 3.05) is 19.5 Å². The van der Waals surface area contributed by atoms with Gasteiger partial charge in [-0.1, -0.05) is 17.7 Å². The molecule has 0 bridgehead atoms. The van der Waals surface area contributed by atoms with Crippen LogP contribution in [0, 0.1) is 6.92 Å². The maximum atomic E-state index is 12.4. The van der Waals surface area contributed by atoms with Crippen LogP contribution in [0.5, 0.6) is 17.2 Å². The molecule has 3 rings (SSSR count). The van der Waals surface area contributed by atoms with Gasteiger partial charge in [-0.2, -0.15) is 0 Å². The van der Waals surface area contributed by atoms with E-state index in [2.05, 4.69) is 10.3 Å². The number of rotatable bonds is 7. The van der Waals surface area contributed by atoms with Gasteiger partial charge in [-0.25, -0.2) is 4.98 Å². The van der Waals surface area contributed by atoms with Crippen LogP contribution in [0.4, 0.5) is 5.69 Å². The molecule has 6 nitrogen and oxygen atoms in total. The average Bonchev–Trinajstić information content (AvgIpc) is 3.16. The highest BCUT2D eigenvalue weighted by atomic mass is 32.1. The van der Waals surface area contributed by atoms with E-state index >= 15 is 0 Å². The fourth-order valence-electron chi connectivity index (χ4n) is 2.37. The molecule has 1 aromatic heterocycles. The van der Waals surface area contributed by atoms with Crippen LogP contribution in [0.2, 0.25) is 0 Å². The van der Waals surface area contributed by atoms with Gasteiger partial charge in [0.25, 0.3) is 5.91 Å². The SMILES string of the molecule is COc1ccc(NC(=O)c2csc(COc3ccc(C)cc3)n2)cc1OC. The molecule has 140 valence electrons. The maximum absolute atomic E-state index is 12.4. The molecule has 0 spiro atoms. The lowest BCUT2D eigenvalue weighted by Crippen LogP contribution is -2.12. The lowest BCUT2D eigenvalue weighted by molar-refractivity contribution is 0.102. The number of nitrogens with one attached hydrogen (secondary N) is 1. The van der Waals surface area contributed by atoms with Gasteiger partial charge in [-0.3, -0.25) is 4.79 Å². The summed E-state index contributed by atoms with van der Waals surface area (Å²) in [5.74, 6) is 1.62. The molecule has 1 amide bonds. The summed E-state index contributed by atoms with van der Waals surface area (Å²) < 4.78 is 16.1. The molecular formula is C20H20N2O4S. The normalized spacial score (nSPS) is 10.3. The molecule has 1 N–H and O–H groups in total. The Morgan fingerprint density at radius 2 is 1.81 bits per heavy atom. The zero-order valence-electron chi connectivity index (χ0n) is 15.3. The monoisotopic (exact) mass is 384 g/mol. The maximum Gasteiger partial charge on any atom is 0.275 e. The van der Waals surface area contributed by atoms with Gasteiger partial charge in [-0.15, -0.1) is 11.3 Å². The third-order valence-electron chi connectivity index (χ3n) is 3.81. The number of carbonyl (C=O) groups is 1. The molecular weight excluding hydrogens is 364 g/mol. The third-order valence-corrected chi connectivity index (χ3v) is 4.63. The number of hydrogen-bond acceptors (Lipinski definition) is 6. The molecule has 0 unspecified atom stereocenters. The predicted octanol–water partition coefficient (Wildman–Crippen LogP) is 4.30. The number of ether oxygens (including phenoxy) is 3.